The van der Waals surface area contributed by atoms with Crippen LogP contribution in [0.25, 0.3) is 16.9 Å². The Morgan fingerprint density at radius 2 is 2.11 bits per heavy atom. The summed E-state index contributed by atoms with van der Waals surface area (Å²) in [6, 6.07) is 12.0. The van der Waals surface area contributed by atoms with Crippen LogP contribution in [0.3, 0.4) is 0 Å². The molecule has 0 bridgehead atoms. The number of fused-ring (bicyclic) bond motifs is 1. The predicted octanol–water partition coefficient (Wildman–Crippen LogP) is 3.22. The number of ether oxygens (including phenoxy) is 1. The molecule has 1 atom stereocenters. The van der Waals surface area contributed by atoms with Crippen LogP contribution in [-0.4, -0.2) is 53.5 Å². The molecule has 146 valence electrons. The summed E-state index contributed by atoms with van der Waals surface area (Å²) < 4.78 is 7.14. The molecule has 1 unspecified atom stereocenters. The maximum atomic E-state index is 12.6. The van der Waals surface area contributed by atoms with E-state index < -0.39 is 0 Å². The standard InChI is InChI=1S/C22H26N4O2/c1-16-7-10-26-15-20(24-21(26)13-16)17-3-5-19(6-4-17)23-22(27)18-8-9-25(14-18)11-12-28-2/h3-7,10,13,15,18H,8-9,11-12,14H2,1-2H3,(H,23,27). The molecule has 0 saturated carbocycles. The van der Waals surface area contributed by atoms with Crippen LogP contribution in [-0.2, 0) is 9.53 Å². The minimum atomic E-state index is 0.0400. The van der Waals surface area contributed by atoms with Gasteiger partial charge in [0.05, 0.1) is 18.2 Å². The van der Waals surface area contributed by atoms with Crippen LogP contribution in [0, 0.1) is 12.8 Å². The van der Waals surface area contributed by atoms with Crippen LogP contribution in [0.2, 0.25) is 0 Å². The number of methoxy groups -OCH3 is 1. The molecule has 2 aromatic heterocycles. The number of pyridine rings is 1. The highest BCUT2D eigenvalue weighted by atomic mass is 16.5. The first-order chi connectivity index (χ1) is 13.6. The second kappa shape index (κ2) is 8.12. The molecule has 1 amide bonds. The Morgan fingerprint density at radius 1 is 1.29 bits per heavy atom. The number of amides is 1. The number of hydrogen-bond donors (Lipinski definition) is 1. The van der Waals surface area contributed by atoms with Gasteiger partial charge in [-0.15, -0.1) is 0 Å². The van der Waals surface area contributed by atoms with Crippen molar-refractivity contribution in [1.29, 1.82) is 0 Å². The van der Waals surface area contributed by atoms with Gasteiger partial charge in [-0.25, -0.2) is 4.98 Å². The van der Waals surface area contributed by atoms with E-state index in [1.807, 2.05) is 41.1 Å². The van der Waals surface area contributed by atoms with Gasteiger partial charge in [0.2, 0.25) is 5.91 Å². The largest absolute Gasteiger partial charge is 0.383 e. The fourth-order valence-corrected chi connectivity index (χ4v) is 3.66. The summed E-state index contributed by atoms with van der Waals surface area (Å²) in [6.45, 7) is 5.40. The highest BCUT2D eigenvalue weighted by Gasteiger charge is 2.27. The first-order valence-corrected chi connectivity index (χ1v) is 9.70. The molecule has 0 spiro atoms. The Hall–Kier alpha value is -2.70. The van der Waals surface area contributed by atoms with E-state index >= 15 is 0 Å². The summed E-state index contributed by atoms with van der Waals surface area (Å²) in [6.07, 6.45) is 4.94. The number of hydrogen-bond acceptors (Lipinski definition) is 4. The molecule has 1 aromatic carbocycles. The smallest absolute Gasteiger partial charge is 0.228 e. The van der Waals surface area contributed by atoms with Crippen molar-refractivity contribution >= 4 is 17.2 Å². The molecule has 1 saturated heterocycles. The third-order valence-electron chi connectivity index (χ3n) is 5.32. The third-order valence-corrected chi connectivity index (χ3v) is 5.32. The van der Waals surface area contributed by atoms with Crippen LogP contribution in [0.5, 0.6) is 0 Å². The number of benzene rings is 1. The van der Waals surface area contributed by atoms with Gasteiger partial charge in [0.15, 0.2) is 0 Å². The number of anilines is 1. The highest BCUT2D eigenvalue weighted by molar-refractivity contribution is 5.93. The molecule has 3 heterocycles. The number of aryl methyl sites for hydroxylation is 1. The van der Waals surface area contributed by atoms with Gasteiger partial charge < -0.3 is 19.4 Å². The minimum absolute atomic E-state index is 0.0400. The van der Waals surface area contributed by atoms with Crippen molar-refractivity contribution in [2.24, 2.45) is 5.92 Å². The predicted molar refractivity (Wildman–Crippen MR) is 110 cm³/mol. The number of nitrogens with zero attached hydrogens (tertiary/aromatic N) is 3. The van der Waals surface area contributed by atoms with Crippen LogP contribution in [0.4, 0.5) is 5.69 Å². The SMILES string of the molecule is COCCN1CCC(C(=O)Nc2ccc(-c3cn4ccc(C)cc4n3)cc2)C1. The maximum absolute atomic E-state index is 12.6. The zero-order valence-electron chi connectivity index (χ0n) is 16.4. The molecule has 1 aliphatic rings. The van der Waals surface area contributed by atoms with E-state index in [9.17, 15) is 4.79 Å². The average molecular weight is 378 g/mol. The number of likely N-dealkylation sites (tertiary alicyclic amines) is 1. The second-order valence-electron chi connectivity index (χ2n) is 7.44. The van der Waals surface area contributed by atoms with E-state index in [2.05, 4.69) is 29.3 Å². The Morgan fingerprint density at radius 3 is 2.89 bits per heavy atom. The first-order valence-electron chi connectivity index (χ1n) is 9.70. The van der Waals surface area contributed by atoms with Crippen molar-refractivity contribution in [3.63, 3.8) is 0 Å². The number of carbonyl (C=O) groups is 1. The molecule has 6 heteroatoms. The summed E-state index contributed by atoms with van der Waals surface area (Å²) in [5, 5.41) is 3.05. The lowest BCUT2D eigenvalue weighted by Crippen LogP contribution is -2.29. The molecule has 4 rings (SSSR count). The van der Waals surface area contributed by atoms with Crippen LogP contribution in [0.15, 0.2) is 48.8 Å². The van der Waals surface area contributed by atoms with Gasteiger partial charge in [-0.1, -0.05) is 12.1 Å². The van der Waals surface area contributed by atoms with E-state index in [1.54, 1.807) is 7.11 Å². The number of rotatable bonds is 6. The van der Waals surface area contributed by atoms with Crippen molar-refractivity contribution in [2.45, 2.75) is 13.3 Å². The summed E-state index contributed by atoms with van der Waals surface area (Å²) in [5.74, 6) is 0.133. The van der Waals surface area contributed by atoms with E-state index in [4.69, 9.17) is 9.72 Å². The molecule has 28 heavy (non-hydrogen) atoms. The van der Waals surface area contributed by atoms with Crippen LogP contribution in [0.1, 0.15) is 12.0 Å². The Balaban J connectivity index is 1.39. The van der Waals surface area contributed by atoms with Gasteiger partial charge in [-0.05, 0) is 49.7 Å². The zero-order chi connectivity index (χ0) is 19.5. The lowest BCUT2D eigenvalue weighted by molar-refractivity contribution is -0.119. The summed E-state index contributed by atoms with van der Waals surface area (Å²) >= 11 is 0. The zero-order valence-corrected chi connectivity index (χ0v) is 16.4. The molecule has 6 nitrogen and oxygen atoms in total. The first kappa shape index (κ1) is 18.7. The van der Waals surface area contributed by atoms with E-state index in [0.717, 1.165) is 48.6 Å². The van der Waals surface area contributed by atoms with Crippen LogP contribution < -0.4 is 5.32 Å². The summed E-state index contributed by atoms with van der Waals surface area (Å²) in [5.41, 5.74) is 4.91. The van der Waals surface area contributed by atoms with Gasteiger partial charge >= 0.3 is 0 Å². The van der Waals surface area contributed by atoms with Gasteiger partial charge in [0.25, 0.3) is 0 Å². The molecular weight excluding hydrogens is 352 g/mol. The number of aromatic nitrogens is 2. The molecular formula is C22H26N4O2. The van der Waals surface area contributed by atoms with Crippen molar-refractivity contribution in [2.75, 3.05) is 38.7 Å². The second-order valence-corrected chi connectivity index (χ2v) is 7.44. The monoisotopic (exact) mass is 378 g/mol. The quantitative estimate of drug-likeness (QED) is 0.716. The van der Waals surface area contributed by atoms with Gasteiger partial charge in [0.1, 0.15) is 5.65 Å². The van der Waals surface area contributed by atoms with Crippen molar-refractivity contribution in [3.05, 3.63) is 54.4 Å². The van der Waals surface area contributed by atoms with E-state index in [0.29, 0.717) is 6.61 Å². The molecule has 3 aromatic rings. The van der Waals surface area contributed by atoms with Gasteiger partial charge in [-0.2, -0.15) is 0 Å². The lowest BCUT2D eigenvalue weighted by Gasteiger charge is -2.15. The number of carbonyl (C=O) groups excluding carboxylic acids is 1. The highest BCUT2D eigenvalue weighted by Crippen LogP contribution is 2.23. The lowest BCUT2D eigenvalue weighted by atomic mass is 10.1. The van der Waals surface area contributed by atoms with E-state index in [-0.39, 0.29) is 11.8 Å². The minimum Gasteiger partial charge on any atom is -0.383 e. The van der Waals surface area contributed by atoms with E-state index in [1.165, 1.54) is 5.56 Å². The summed E-state index contributed by atoms with van der Waals surface area (Å²) in [4.78, 5) is 19.5. The molecule has 1 N–H and O–H groups in total. The molecule has 1 aliphatic heterocycles. The fraction of sp³-hybridized carbons (Fsp3) is 0.364. The van der Waals surface area contributed by atoms with Crippen LogP contribution >= 0.6 is 0 Å². The number of imidazole rings is 1. The van der Waals surface area contributed by atoms with Crippen molar-refractivity contribution < 1.29 is 9.53 Å². The van der Waals surface area contributed by atoms with Gasteiger partial charge in [0, 0.05) is 43.8 Å². The Labute approximate surface area is 165 Å². The summed E-state index contributed by atoms with van der Waals surface area (Å²) in [7, 11) is 1.71. The Bertz CT molecular complexity index is 964. The molecule has 0 aliphatic carbocycles. The fourth-order valence-electron chi connectivity index (χ4n) is 3.66. The Kier molecular flexibility index (Phi) is 5.41. The number of nitrogens with one attached hydrogen (secondary N) is 1. The van der Waals surface area contributed by atoms with Crippen molar-refractivity contribution in [1.82, 2.24) is 14.3 Å². The topological polar surface area (TPSA) is 58.9 Å². The molecule has 0 radical (unpaired) electrons. The maximum Gasteiger partial charge on any atom is 0.228 e. The van der Waals surface area contributed by atoms with Gasteiger partial charge in [-0.3, -0.25) is 4.79 Å². The normalized spacial score (nSPS) is 17.3. The third kappa shape index (κ3) is 4.08. The van der Waals surface area contributed by atoms with Crippen molar-refractivity contribution in [3.8, 4) is 11.3 Å². The average Bonchev–Trinajstić information content (AvgIpc) is 3.33. The molecule has 1 fully saturated rings.